The van der Waals surface area contributed by atoms with E-state index in [2.05, 4.69) is 17.2 Å². The third-order valence-corrected chi connectivity index (χ3v) is 2.75. The van der Waals surface area contributed by atoms with Gasteiger partial charge in [0.05, 0.1) is 11.2 Å². The molecule has 1 amide bonds. The maximum Gasteiger partial charge on any atom is 0.254 e. The van der Waals surface area contributed by atoms with E-state index in [1.807, 2.05) is 13.8 Å². The molecule has 0 saturated heterocycles. The molecule has 0 fully saturated rings. The predicted octanol–water partition coefficient (Wildman–Crippen LogP) is 1.32. The largest absolute Gasteiger partial charge is 0.384 e. The average molecular weight is 279 g/mol. The van der Waals surface area contributed by atoms with Crippen LogP contribution in [0, 0.1) is 17.7 Å². The number of nitrogens with one attached hydrogen (secondary N) is 1. The minimum absolute atomic E-state index is 0.0496. The first-order chi connectivity index (χ1) is 9.39. The molecular formula is C15H18FNO3. The topological polar surface area (TPSA) is 58.6 Å². The molecule has 1 aromatic carbocycles. The molecule has 0 aliphatic rings. The van der Waals surface area contributed by atoms with E-state index in [-0.39, 0.29) is 18.7 Å². The fourth-order valence-electron chi connectivity index (χ4n) is 1.38. The van der Waals surface area contributed by atoms with Crippen molar-refractivity contribution in [3.63, 3.8) is 0 Å². The summed E-state index contributed by atoms with van der Waals surface area (Å²) in [5.41, 5.74) is -0.157. The summed E-state index contributed by atoms with van der Waals surface area (Å²) in [7, 11) is 1.54. The summed E-state index contributed by atoms with van der Waals surface area (Å²) in [6, 6.07) is 4.06. The number of aliphatic hydroxyl groups is 1. The Balaban J connectivity index is 2.79. The van der Waals surface area contributed by atoms with E-state index < -0.39 is 17.3 Å². The van der Waals surface area contributed by atoms with Crippen molar-refractivity contribution in [2.24, 2.45) is 0 Å². The van der Waals surface area contributed by atoms with E-state index in [4.69, 9.17) is 9.84 Å². The summed E-state index contributed by atoms with van der Waals surface area (Å²) in [6.07, 6.45) is 0. The molecule has 5 heteroatoms. The monoisotopic (exact) mass is 279 g/mol. The summed E-state index contributed by atoms with van der Waals surface area (Å²) in [5, 5.41) is 11.2. The first-order valence-corrected chi connectivity index (χ1v) is 6.12. The molecule has 0 atom stereocenters. The molecule has 0 radical (unpaired) electrons. The minimum Gasteiger partial charge on any atom is -0.384 e. The third kappa shape index (κ3) is 4.65. The molecule has 0 unspecified atom stereocenters. The fraction of sp³-hybridized carbons (Fsp3) is 0.400. The Hall–Kier alpha value is -1.90. The van der Waals surface area contributed by atoms with Crippen molar-refractivity contribution in [3.8, 4) is 11.8 Å². The van der Waals surface area contributed by atoms with Crippen molar-refractivity contribution in [3.05, 3.63) is 35.1 Å². The number of hydrogen-bond donors (Lipinski definition) is 2. The van der Waals surface area contributed by atoms with Crippen LogP contribution in [0.15, 0.2) is 18.2 Å². The van der Waals surface area contributed by atoms with Gasteiger partial charge in [0.2, 0.25) is 0 Å². The first-order valence-electron chi connectivity index (χ1n) is 6.12. The van der Waals surface area contributed by atoms with Gasteiger partial charge >= 0.3 is 0 Å². The summed E-state index contributed by atoms with van der Waals surface area (Å²) in [6.45, 7) is 3.61. The van der Waals surface area contributed by atoms with Gasteiger partial charge in [-0.25, -0.2) is 4.39 Å². The van der Waals surface area contributed by atoms with Crippen molar-refractivity contribution < 1.29 is 19.0 Å². The second-order valence-corrected chi connectivity index (χ2v) is 4.80. The van der Waals surface area contributed by atoms with Gasteiger partial charge in [0, 0.05) is 19.2 Å². The highest BCUT2D eigenvalue weighted by Crippen LogP contribution is 2.11. The number of carbonyl (C=O) groups is 1. The second-order valence-electron chi connectivity index (χ2n) is 4.80. The van der Waals surface area contributed by atoms with Crippen LogP contribution in [-0.2, 0) is 4.74 Å². The van der Waals surface area contributed by atoms with E-state index in [1.54, 1.807) is 7.11 Å². The Kier molecular flexibility index (Phi) is 5.68. The van der Waals surface area contributed by atoms with Crippen LogP contribution in [0.2, 0.25) is 0 Å². The van der Waals surface area contributed by atoms with Crippen molar-refractivity contribution >= 4 is 5.91 Å². The lowest BCUT2D eigenvalue weighted by Gasteiger charge is -2.23. The number of carbonyl (C=O) groups excluding carboxylic acids is 1. The molecular weight excluding hydrogens is 261 g/mol. The maximum absolute atomic E-state index is 13.8. The van der Waals surface area contributed by atoms with Gasteiger partial charge in [-0.3, -0.25) is 4.79 Å². The maximum atomic E-state index is 13.8. The van der Waals surface area contributed by atoms with Crippen LogP contribution in [0.1, 0.15) is 29.8 Å². The van der Waals surface area contributed by atoms with Crippen molar-refractivity contribution in [1.82, 2.24) is 5.32 Å². The van der Waals surface area contributed by atoms with Crippen LogP contribution in [0.3, 0.4) is 0 Å². The summed E-state index contributed by atoms with van der Waals surface area (Å²) in [5.74, 6) is 3.83. The lowest BCUT2D eigenvalue weighted by atomic mass is 10.1. The standard InChI is InChI=1S/C15H18FNO3/c1-15(2,20-3)10-17-14(19)12-7-6-11(5-4-8-18)9-13(12)16/h6-7,9,18H,8,10H2,1-3H3,(H,17,19). The molecule has 1 aromatic rings. The minimum atomic E-state index is -0.650. The zero-order valence-corrected chi connectivity index (χ0v) is 11.8. The van der Waals surface area contributed by atoms with Crippen LogP contribution >= 0.6 is 0 Å². The van der Waals surface area contributed by atoms with Crippen LogP contribution in [-0.4, -0.2) is 36.9 Å². The number of ether oxygens (including phenoxy) is 1. The fourth-order valence-corrected chi connectivity index (χ4v) is 1.38. The molecule has 108 valence electrons. The van der Waals surface area contributed by atoms with E-state index in [1.165, 1.54) is 18.2 Å². The van der Waals surface area contributed by atoms with Crippen LogP contribution in [0.4, 0.5) is 4.39 Å². The highest BCUT2D eigenvalue weighted by molar-refractivity contribution is 5.94. The highest BCUT2D eigenvalue weighted by Gasteiger charge is 2.19. The van der Waals surface area contributed by atoms with Gasteiger partial charge in [0.25, 0.3) is 5.91 Å². The van der Waals surface area contributed by atoms with Crippen molar-refractivity contribution in [2.75, 3.05) is 20.3 Å². The molecule has 2 N–H and O–H groups in total. The van der Waals surface area contributed by atoms with E-state index >= 15 is 0 Å². The lowest BCUT2D eigenvalue weighted by molar-refractivity contribution is 0.0228. The molecule has 0 aromatic heterocycles. The molecule has 0 aliphatic carbocycles. The number of hydrogen-bond acceptors (Lipinski definition) is 3. The van der Waals surface area contributed by atoms with Gasteiger partial charge in [0.1, 0.15) is 12.4 Å². The molecule has 20 heavy (non-hydrogen) atoms. The summed E-state index contributed by atoms with van der Waals surface area (Å²) >= 11 is 0. The third-order valence-electron chi connectivity index (χ3n) is 2.75. The van der Waals surface area contributed by atoms with E-state index in [9.17, 15) is 9.18 Å². The molecule has 4 nitrogen and oxygen atoms in total. The molecule has 0 aliphatic heterocycles. The Morgan fingerprint density at radius 2 is 2.20 bits per heavy atom. The van der Waals surface area contributed by atoms with E-state index in [0.29, 0.717) is 5.56 Å². The number of amides is 1. The smallest absolute Gasteiger partial charge is 0.254 e. The summed E-state index contributed by atoms with van der Waals surface area (Å²) in [4.78, 5) is 11.9. The van der Waals surface area contributed by atoms with Crippen molar-refractivity contribution in [1.29, 1.82) is 0 Å². The van der Waals surface area contributed by atoms with Crippen LogP contribution < -0.4 is 5.32 Å². The molecule has 0 saturated carbocycles. The average Bonchev–Trinajstić information content (AvgIpc) is 2.42. The van der Waals surface area contributed by atoms with Gasteiger partial charge in [-0.1, -0.05) is 11.8 Å². The van der Waals surface area contributed by atoms with Crippen molar-refractivity contribution in [2.45, 2.75) is 19.4 Å². The number of halogens is 1. The zero-order valence-electron chi connectivity index (χ0n) is 11.8. The molecule has 0 spiro atoms. The number of aliphatic hydroxyl groups excluding tert-OH is 1. The second kappa shape index (κ2) is 7.04. The first kappa shape index (κ1) is 16.2. The number of methoxy groups -OCH3 is 1. The Morgan fingerprint density at radius 3 is 2.75 bits per heavy atom. The highest BCUT2D eigenvalue weighted by atomic mass is 19.1. The lowest BCUT2D eigenvalue weighted by Crippen LogP contribution is -2.40. The van der Waals surface area contributed by atoms with Gasteiger partial charge in [-0.2, -0.15) is 0 Å². The van der Waals surface area contributed by atoms with Gasteiger partial charge in [-0.15, -0.1) is 0 Å². The normalized spacial score (nSPS) is 10.7. The number of benzene rings is 1. The Bertz CT molecular complexity index is 544. The Labute approximate surface area is 117 Å². The van der Waals surface area contributed by atoms with Gasteiger partial charge in [-0.05, 0) is 32.0 Å². The summed E-state index contributed by atoms with van der Waals surface area (Å²) < 4.78 is 19.0. The van der Waals surface area contributed by atoms with E-state index in [0.717, 1.165) is 0 Å². The molecule has 0 bridgehead atoms. The van der Waals surface area contributed by atoms with Gasteiger partial charge in [0.15, 0.2) is 0 Å². The van der Waals surface area contributed by atoms with Crippen LogP contribution in [0.5, 0.6) is 0 Å². The van der Waals surface area contributed by atoms with Gasteiger partial charge < -0.3 is 15.2 Å². The zero-order chi connectivity index (χ0) is 15.2. The predicted molar refractivity (Wildman–Crippen MR) is 73.8 cm³/mol. The van der Waals surface area contributed by atoms with Crippen LogP contribution in [0.25, 0.3) is 0 Å². The number of rotatable bonds is 4. The quantitative estimate of drug-likeness (QED) is 0.817. The molecule has 0 heterocycles. The Morgan fingerprint density at radius 1 is 1.50 bits per heavy atom. The SMILES string of the molecule is COC(C)(C)CNC(=O)c1ccc(C#CCO)cc1F. The molecule has 1 rings (SSSR count).